The fraction of sp³-hybridized carbons (Fsp3) is 0.909. The molecule has 1 heterocycles. The molecule has 0 aromatic carbocycles. The molecule has 0 spiro atoms. The maximum atomic E-state index is 5.78. The van der Waals surface area contributed by atoms with Crippen molar-refractivity contribution in [1.29, 1.82) is 0 Å². The van der Waals surface area contributed by atoms with Crippen molar-refractivity contribution in [3.63, 3.8) is 0 Å². The van der Waals surface area contributed by atoms with E-state index in [1.807, 2.05) is 0 Å². The van der Waals surface area contributed by atoms with E-state index in [-0.39, 0.29) is 11.6 Å². The Labute approximate surface area is 98.6 Å². The van der Waals surface area contributed by atoms with Crippen molar-refractivity contribution in [2.45, 2.75) is 38.8 Å². The summed E-state index contributed by atoms with van der Waals surface area (Å²) >= 11 is 5.12. The second-order valence-corrected chi connectivity index (χ2v) is 5.50. The lowest BCUT2D eigenvalue weighted by molar-refractivity contribution is 0.0298. The second kappa shape index (κ2) is 4.76. The Morgan fingerprint density at radius 2 is 2.07 bits per heavy atom. The van der Waals surface area contributed by atoms with Gasteiger partial charge in [-0.2, -0.15) is 0 Å². The molecule has 0 aliphatic carbocycles. The van der Waals surface area contributed by atoms with Crippen LogP contribution >= 0.6 is 12.2 Å². The van der Waals surface area contributed by atoms with Gasteiger partial charge in [0.05, 0.1) is 11.0 Å². The topological polar surface area (TPSA) is 32.5 Å². The average Bonchev–Trinajstić information content (AvgIpc) is 2.11. The lowest BCUT2D eigenvalue weighted by atomic mass is 9.98. The maximum absolute atomic E-state index is 5.78. The van der Waals surface area contributed by atoms with Gasteiger partial charge < -0.3 is 5.73 Å². The van der Waals surface area contributed by atoms with Crippen LogP contribution < -0.4 is 5.73 Å². The van der Waals surface area contributed by atoms with E-state index in [4.69, 9.17) is 18.0 Å². The summed E-state index contributed by atoms with van der Waals surface area (Å²) in [5.41, 5.74) is 6.00. The Hall–Kier alpha value is -0.190. The molecular formula is C11H23N3S. The molecule has 0 aromatic rings. The van der Waals surface area contributed by atoms with E-state index in [1.54, 1.807) is 0 Å². The summed E-state index contributed by atoms with van der Waals surface area (Å²) in [6.07, 6.45) is 1.01. The number of thiocarbonyl (C=S) groups is 1. The number of hydrogen-bond donors (Lipinski definition) is 1. The minimum atomic E-state index is 0.219. The van der Waals surface area contributed by atoms with E-state index in [0.29, 0.717) is 4.99 Å². The minimum Gasteiger partial charge on any atom is -0.392 e. The van der Waals surface area contributed by atoms with E-state index < -0.39 is 0 Å². The number of rotatable bonds is 3. The van der Waals surface area contributed by atoms with Crippen LogP contribution in [0.3, 0.4) is 0 Å². The van der Waals surface area contributed by atoms with Gasteiger partial charge >= 0.3 is 0 Å². The van der Waals surface area contributed by atoms with Crippen LogP contribution in [0, 0.1) is 0 Å². The molecule has 1 aliphatic rings. The zero-order valence-corrected chi connectivity index (χ0v) is 11.1. The summed E-state index contributed by atoms with van der Waals surface area (Å²) in [7, 11) is 2.18. The molecule has 3 nitrogen and oxygen atoms in total. The highest BCUT2D eigenvalue weighted by atomic mass is 32.1. The third-order valence-corrected chi connectivity index (χ3v) is 3.77. The lowest BCUT2D eigenvalue weighted by Crippen LogP contribution is -2.61. The first-order valence-electron chi connectivity index (χ1n) is 5.63. The highest BCUT2D eigenvalue weighted by molar-refractivity contribution is 7.80. The predicted molar refractivity (Wildman–Crippen MR) is 69.1 cm³/mol. The van der Waals surface area contributed by atoms with Crippen molar-refractivity contribution in [2.75, 3.05) is 26.7 Å². The standard InChI is InChI=1S/C11H23N3S/c1-5-9(10(12)15)14-7-6-13(4)11(2,3)8-14/h9H,5-8H2,1-4H3,(H2,12,15). The zero-order chi connectivity index (χ0) is 11.6. The molecule has 0 bridgehead atoms. The maximum Gasteiger partial charge on any atom is 0.0901 e. The molecular weight excluding hydrogens is 206 g/mol. The molecule has 0 radical (unpaired) electrons. The molecule has 2 N–H and O–H groups in total. The Morgan fingerprint density at radius 3 is 2.47 bits per heavy atom. The first kappa shape index (κ1) is 12.9. The van der Waals surface area contributed by atoms with Gasteiger partial charge in [-0.25, -0.2) is 0 Å². The van der Waals surface area contributed by atoms with Crippen LogP contribution in [0.5, 0.6) is 0 Å². The van der Waals surface area contributed by atoms with Crippen molar-refractivity contribution >= 4 is 17.2 Å². The molecule has 1 aliphatic heterocycles. The smallest absolute Gasteiger partial charge is 0.0901 e. The van der Waals surface area contributed by atoms with Crippen LogP contribution in [0.25, 0.3) is 0 Å². The molecule has 1 atom stereocenters. The van der Waals surface area contributed by atoms with Crippen LogP contribution in [-0.4, -0.2) is 53.1 Å². The van der Waals surface area contributed by atoms with Gasteiger partial charge in [-0.15, -0.1) is 0 Å². The van der Waals surface area contributed by atoms with Crippen LogP contribution in [0.2, 0.25) is 0 Å². The molecule has 15 heavy (non-hydrogen) atoms. The molecule has 0 saturated carbocycles. The molecule has 1 rings (SSSR count). The van der Waals surface area contributed by atoms with Gasteiger partial charge in [0.15, 0.2) is 0 Å². The van der Waals surface area contributed by atoms with Crippen molar-refractivity contribution in [1.82, 2.24) is 9.80 Å². The summed E-state index contributed by atoms with van der Waals surface area (Å²) in [5.74, 6) is 0. The predicted octanol–water partition coefficient (Wildman–Crippen LogP) is 1.08. The van der Waals surface area contributed by atoms with Gasteiger partial charge in [0.2, 0.25) is 0 Å². The van der Waals surface area contributed by atoms with Crippen molar-refractivity contribution in [3.05, 3.63) is 0 Å². The van der Waals surface area contributed by atoms with Gasteiger partial charge in [0.1, 0.15) is 0 Å². The number of piperazine rings is 1. The fourth-order valence-corrected chi connectivity index (χ4v) is 2.50. The summed E-state index contributed by atoms with van der Waals surface area (Å²) in [6.45, 7) is 9.88. The molecule has 0 aromatic heterocycles. The monoisotopic (exact) mass is 229 g/mol. The third-order valence-electron chi connectivity index (χ3n) is 3.50. The highest BCUT2D eigenvalue weighted by Gasteiger charge is 2.34. The number of nitrogens with zero attached hydrogens (tertiary/aromatic N) is 2. The Bertz CT molecular complexity index is 240. The molecule has 1 unspecified atom stereocenters. The molecule has 0 amide bonds. The zero-order valence-electron chi connectivity index (χ0n) is 10.3. The molecule has 4 heteroatoms. The summed E-state index contributed by atoms with van der Waals surface area (Å²) in [5, 5.41) is 0. The largest absolute Gasteiger partial charge is 0.392 e. The van der Waals surface area contributed by atoms with Crippen LogP contribution in [0.4, 0.5) is 0 Å². The summed E-state index contributed by atoms with van der Waals surface area (Å²) in [4.78, 5) is 5.45. The molecule has 1 fully saturated rings. The number of likely N-dealkylation sites (N-methyl/N-ethyl adjacent to an activating group) is 1. The first-order valence-corrected chi connectivity index (χ1v) is 6.04. The van der Waals surface area contributed by atoms with E-state index >= 15 is 0 Å². The molecule has 88 valence electrons. The van der Waals surface area contributed by atoms with E-state index in [1.165, 1.54) is 0 Å². The first-order chi connectivity index (χ1) is 6.88. The van der Waals surface area contributed by atoms with Crippen LogP contribution in [-0.2, 0) is 0 Å². The van der Waals surface area contributed by atoms with E-state index in [9.17, 15) is 0 Å². The van der Waals surface area contributed by atoms with Crippen molar-refractivity contribution < 1.29 is 0 Å². The third kappa shape index (κ3) is 2.89. The SMILES string of the molecule is CCC(C(N)=S)N1CCN(C)C(C)(C)C1. The summed E-state index contributed by atoms with van der Waals surface area (Å²) in [6, 6.07) is 0.271. The van der Waals surface area contributed by atoms with Crippen molar-refractivity contribution in [3.8, 4) is 0 Å². The number of nitrogens with two attached hydrogens (primary N) is 1. The lowest BCUT2D eigenvalue weighted by Gasteiger charge is -2.47. The van der Waals surface area contributed by atoms with E-state index in [0.717, 1.165) is 26.1 Å². The Kier molecular flexibility index (Phi) is 4.09. The van der Waals surface area contributed by atoms with Gasteiger partial charge in [-0.3, -0.25) is 9.80 Å². The normalized spacial score (nSPS) is 25.1. The Morgan fingerprint density at radius 1 is 1.47 bits per heavy atom. The van der Waals surface area contributed by atoms with Crippen LogP contribution in [0.1, 0.15) is 27.2 Å². The number of hydrogen-bond acceptors (Lipinski definition) is 3. The second-order valence-electron chi connectivity index (χ2n) is 5.03. The van der Waals surface area contributed by atoms with Crippen LogP contribution in [0.15, 0.2) is 0 Å². The quantitative estimate of drug-likeness (QED) is 0.734. The summed E-state index contributed by atoms with van der Waals surface area (Å²) < 4.78 is 0. The minimum absolute atomic E-state index is 0.219. The van der Waals surface area contributed by atoms with Gasteiger partial charge in [-0.05, 0) is 27.3 Å². The van der Waals surface area contributed by atoms with Gasteiger partial charge in [-0.1, -0.05) is 19.1 Å². The van der Waals surface area contributed by atoms with Crippen molar-refractivity contribution in [2.24, 2.45) is 5.73 Å². The van der Waals surface area contributed by atoms with E-state index in [2.05, 4.69) is 37.6 Å². The average molecular weight is 229 g/mol. The highest BCUT2D eigenvalue weighted by Crippen LogP contribution is 2.21. The fourth-order valence-electron chi connectivity index (χ4n) is 2.18. The Balaban J connectivity index is 2.69. The van der Waals surface area contributed by atoms with Gasteiger partial charge in [0, 0.05) is 25.2 Å². The molecule has 1 saturated heterocycles. The van der Waals surface area contributed by atoms with Gasteiger partial charge in [0.25, 0.3) is 0 Å².